The summed E-state index contributed by atoms with van der Waals surface area (Å²) >= 11 is 0. The number of hydrogen-bond acceptors (Lipinski definition) is 0. The van der Waals surface area contributed by atoms with Gasteiger partial charge in [-0.3, -0.25) is 0 Å². The van der Waals surface area contributed by atoms with Crippen molar-refractivity contribution in [2.24, 2.45) is 0 Å². The van der Waals surface area contributed by atoms with Crippen molar-refractivity contribution in [1.82, 2.24) is 0 Å². The van der Waals surface area contributed by atoms with E-state index < -0.39 is 0 Å². The number of hydrogen-bond donors (Lipinski definition) is 0. The minimum atomic E-state index is -0.367. The van der Waals surface area contributed by atoms with Crippen molar-refractivity contribution in [3.8, 4) is 0 Å². The van der Waals surface area contributed by atoms with Crippen LogP contribution in [0.2, 0.25) is 0 Å². The molecule has 0 N–H and O–H groups in total. The third kappa shape index (κ3) is 4.94. The van der Waals surface area contributed by atoms with E-state index in [2.05, 4.69) is 0 Å². The Hall–Kier alpha value is -0.920. The summed E-state index contributed by atoms with van der Waals surface area (Å²) in [6.45, 7) is 1.57. The summed E-state index contributed by atoms with van der Waals surface area (Å²) in [6.07, 6.45) is 5.22. The predicted molar refractivity (Wildman–Crippen MR) is 34.3 cm³/mol. The third-order valence-corrected chi connectivity index (χ3v) is 0.715. The van der Waals surface area contributed by atoms with E-state index in [9.17, 15) is 8.78 Å². The molecule has 0 fully saturated rings. The van der Waals surface area contributed by atoms with Gasteiger partial charge in [0.2, 0.25) is 0 Å². The highest BCUT2D eigenvalue weighted by Gasteiger charge is 1.77. The quantitative estimate of drug-likeness (QED) is 0.504. The largest absolute Gasteiger partial charge is 0.216 e. The first kappa shape index (κ1) is 8.08. The molecule has 0 spiro atoms. The van der Waals surface area contributed by atoms with Gasteiger partial charge in [-0.05, 0) is 19.1 Å². The van der Waals surface area contributed by atoms with Gasteiger partial charge in [0.05, 0.1) is 6.33 Å². The second kappa shape index (κ2) is 5.22. The second-order valence-corrected chi connectivity index (χ2v) is 1.35. The monoisotopic (exact) mass is 130 g/mol. The maximum absolute atomic E-state index is 12.1. The van der Waals surface area contributed by atoms with Crippen LogP contribution in [-0.2, 0) is 0 Å². The van der Waals surface area contributed by atoms with Gasteiger partial charge in [-0.15, -0.1) is 0 Å². The number of rotatable bonds is 2. The van der Waals surface area contributed by atoms with Crippen LogP contribution in [0.15, 0.2) is 36.5 Å². The van der Waals surface area contributed by atoms with E-state index in [1.165, 1.54) is 18.2 Å². The van der Waals surface area contributed by atoms with Crippen LogP contribution in [0, 0.1) is 0 Å². The van der Waals surface area contributed by atoms with Gasteiger partial charge in [-0.25, -0.2) is 8.78 Å². The highest BCUT2D eigenvalue weighted by atomic mass is 19.1. The van der Waals surface area contributed by atoms with E-state index in [0.29, 0.717) is 6.33 Å². The van der Waals surface area contributed by atoms with Crippen molar-refractivity contribution in [1.29, 1.82) is 0 Å². The first-order valence-corrected chi connectivity index (χ1v) is 2.56. The molecule has 0 nitrogen and oxygen atoms in total. The van der Waals surface area contributed by atoms with Crippen LogP contribution in [-0.4, -0.2) is 0 Å². The van der Waals surface area contributed by atoms with E-state index in [1.807, 2.05) is 0 Å². The molecule has 2 heteroatoms. The first-order chi connectivity index (χ1) is 4.31. The Balaban J connectivity index is 3.71. The van der Waals surface area contributed by atoms with Crippen LogP contribution in [0.25, 0.3) is 0 Å². The molecule has 0 unspecified atom stereocenters. The highest BCUT2D eigenvalue weighted by Crippen LogP contribution is 1.96. The standard InChI is InChI=1S/C7H8F2/c1-2-7(9)5-3-4-6-8/h2-6H,1H3/b5-3-,6-4+,7-2+. The molecule has 0 amide bonds. The Kier molecular flexibility index (Phi) is 4.69. The van der Waals surface area contributed by atoms with Crippen molar-refractivity contribution >= 4 is 0 Å². The topological polar surface area (TPSA) is 0 Å². The summed E-state index contributed by atoms with van der Waals surface area (Å²) in [7, 11) is 0. The summed E-state index contributed by atoms with van der Waals surface area (Å²) in [5, 5.41) is 0. The molecule has 0 bridgehead atoms. The lowest BCUT2D eigenvalue weighted by molar-refractivity contribution is 0.665. The zero-order valence-corrected chi connectivity index (χ0v) is 5.14. The molecule has 9 heavy (non-hydrogen) atoms. The normalized spacial score (nSPS) is 13.9. The van der Waals surface area contributed by atoms with Crippen LogP contribution in [0.3, 0.4) is 0 Å². The molecule has 0 saturated heterocycles. The molecule has 0 aromatic heterocycles. The Morgan fingerprint density at radius 2 is 2.00 bits per heavy atom. The van der Waals surface area contributed by atoms with Crippen LogP contribution >= 0.6 is 0 Å². The molecule has 0 radical (unpaired) electrons. The zero-order valence-electron chi connectivity index (χ0n) is 5.14. The molecule has 0 aromatic carbocycles. The lowest BCUT2D eigenvalue weighted by Gasteiger charge is -1.77. The van der Waals surface area contributed by atoms with E-state index in [4.69, 9.17) is 0 Å². The SMILES string of the molecule is C\C=C(F)/C=C\C=C\F. The van der Waals surface area contributed by atoms with E-state index in [0.717, 1.165) is 6.08 Å². The average Bonchev–Trinajstić information content (AvgIpc) is 1.89. The van der Waals surface area contributed by atoms with Gasteiger partial charge >= 0.3 is 0 Å². The summed E-state index contributed by atoms with van der Waals surface area (Å²) < 4.78 is 23.2. The molecule has 0 saturated carbocycles. The molecule has 0 aliphatic heterocycles. The number of halogens is 2. The van der Waals surface area contributed by atoms with Gasteiger partial charge in [0.25, 0.3) is 0 Å². The smallest absolute Gasteiger partial charge is 0.118 e. The van der Waals surface area contributed by atoms with E-state index in [1.54, 1.807) is 6.92 Å². The minimum Gasteiger partial charge on any atom is -0.216 e. The summed E-state index contributed by atoms with van der Waals surface area (Å²) in [5.74, 6) is -0.367. The molecular formula is C7H8F2. The molecule has 0 rings (SSSR count). The summed E-state index contributed by atoms with van der Waals surface area (Å²) in [6, 6.07) is 0. The molecule has 0 aliphatic rings. The van der Waals surface area contributed by atoms with Crippen molar-refractivity contribution in [2.75, 3.05) is 0 Å². The molecular weight excluding hydrogens is 122 g/mol. The van der Waals surface area contributed by atoms with Gasteiger partial charge in [0.1, 0.15) is 5.83 Å². The second-order valence-electron chi connectivity index (χ2n) is 1.35. The fourth-order valence-corrected chi connectivity index (χ4v) is 0.286. The van der Waals surface area contributed by atoms with Crippen molar-refractivity contribution < 1.29 is 8.78 Å². The summed E-state index contributed by atoms with van der Waals surface area (Å²) in [4.78, 5) is 0. The fourth-order valence-electron chi connectivity index (χ4n) is 0.286. The van der Waals surface area contributed by atoms with Gasteiger partial charge in [0.15, 0.2) is 0 Å². The van der Waals surface area contributed by atoms with Crippen LogP contribution in [0.5, 0.6) is 0 Å². The maximum atomic E-state index is 12.1. The maximum Gasteiger partial charge on any atom is 0.118 e. The molecule has 0 aliphatic carbocycles. The lowest BCUT2D eigenvalue weighted by Crippen LogP contribution is -1.58. The summed E-state index contributed by atoms with van der Waals surface area (Å²) in [5.41, 5.74) is 0. The number of allylic oxidation sites excluding steroid dienone is 5. The Labute approximate surface area is 53.2 Å². The Morgan fingerprint density at radius 1 is 1.33 bits per heavy atom. The average molecular weight is 130 g/mol. The Bertz CT molecular complexity index is 143. The van der Waals surface area contributed by atoms with Crippen LogP contribution in [0.4, 0.5) is 8.78 Å². The highest BCUT2D eigenvalue weighted by molar-refractivity contribution is 5.14. The van der Waals surface area contributed by atoms with Gasteiger partial charge in [0, 0.05) is 0 Å². The van der Waals surface area contributed by atoms with Gasteiger partial charge < -0.3 is 0 Å². The van der Waals surface area contributed by atoms with Crippen molar-refractivity contribution in [3.05, 3.63) is 36.5 Å². The van der Waals surface area contributed by atoms with Crippen molar-refractivity contribution in [2.45, 2.75) is 6.92 Å². The fraction of sp³-hybridized carbons (Fsp3) is 0.143. The molecule has 0 heterocycles. The first-order valence-electron chi connectivity index (χ1n) is 2.56. The van der Waals surface area contributed by atoms with Crippen LogP contribution in [0.1, 0.15) is 6.92 Å². The lowest BCUT2D eigenvalue weighted by atomic mass is 10.4. The zero-order chi connectivity index (χ0) is 7.11. The van der Waals surface area contributed by atoms with Gasteiger partial charge in [-0.1, -0.05) is 12.2 Å². The third-order valence-electron chi connectivity index (χ3n) is 0.715. The molecule has 0 atom stereocenters. The molecule has 0 aromatic rings. The van der Waals surface area contributed by atoms with Crippen molar-refractivity contribution in [3.63, 3.8) is 0 Å². The van der Waals surface area contributed by atoms with E-state index >= 15 is 0 Å². The van der Waals surface area contributed by atoms with Gasteiger partial charge in [-0.2, -0.15) is 0 Å². The Morgan fingerprint density at radius 3 is 2.44 bits per heavy atom. The molecule has 50 valence electrons. The minimum absolute atomic E-state index is 0.347. The van der Waals surface area contributed by atoms with Crippen LogP contribution < -0.4 is 0 Å². The van der Waals surface area contributed by atoms with E-state index in [-0.39, 0.29) is 5.83 Å². The predicted octanol–water partition coefficient (Wildman–Crippen LogP) is 2.90.